The highest BCUT2D eigenvalue weighted by atomic mass is 16.6. The van der Waals surface area contributed by atoms with Crippen molar-refractivity contribution in [2.75, 3.05) is 13.1 Å². The number of nitrogens with one attached hydrogen (secondary N) is 1. The van der Waals surface area contributed by atoms with Crippen molar-refractivity contribution >= 4 is 17.8 Å². The summed E-state index contributed by atoms with van der Waals surface area (Å²) in [6, 6.07) is 6.35. The maximum Gasteiger partial charge on any atom is 0.323 e. The van der Waals surface area contributed by atoms with Gasteiger partial charge in [-0.2, -0.15) is 0 Å². The number of hydrogen-bond donors (Lipinski definition) is 1. The van der Waals surface area contributed by atoms with Crippen molar-refractivity contribution in [3.8, 4) is 0 Å². The van der Waals surface area contributed by atoms with Crippen LogP contribution in [0.5, 0.6) is 0 Å². The number of ether oxygens (including phenoxy) is 1. The van der Waals surface area contributed by atoms with Gasteiger partial charge in [-0.05, 0) is 39.3 Å². The first-order valence-electron chi connectivity index (χ1n) is 8.66. The van der Waals surface area contributed by atoms with Crippen molar-refractivity contribution in [1.82, 2.24) is 10.2 Å². The molecule has 2 amide bonds. The summed E-state index contributed by atoms with van der Waals surface area (Å²) in [6.45, 7) is 8.03. The van der Waals surface area contributed by atoms with Crippen LogP contribution < -0.4 is 5.32 Å². The molecule has 0 spiro atoms. The van der Waals surface area contributed by atoms with Crippen LogP contribution in [0.2, 0.25) is 0 Å². The Hall–Kier alpha value is -2.21. The summed E-state index contributed by atoms with van der Waals surface area (Å²) in [5, 5.41) is 3.12. The fraction of sp³-hybridized carbons (Fsp3) is 0.526. The average molecular weight is 346 g/mol. The van der Waals surface area contributed by atoms with Gasteiger partial charge in [0.1, 0.15) is 11.6 Å². The third kappa shape index (κ3) is 4.66. The molecule has 1 atom stereocenters. The van der Waals surface area contributed by atoms with Gasteiger partial charge in [0, 0.05) is 13.1 Å². The fourth-order valence-electron chi connectivity index (χ4n) is 2.76. The van der Waals surface area contributed by atoms with Crippen molar-refractivity contribution in [3.05, 3.63) is 35.4 Å². The second-order valence-corrected chi connectivity index (χ2v) is 7.14. The van der Waals surface area contributed by atoms with E-state index in [9.17, 15) is 14.4 Å². The largest absolute Gasteiger partial charge is 0.459 e. The maximum absolute atomic E-state index is 12.3. The smallest absolute Gasteiger partial charge is 0.323 e. The zero-order valence-corrected chi connectivity index (χ0v) is 15.3. The Kier molecular flexibility index (Phi) is 5.95. The van der Waals surface area contributed by atoms with Gasteiger partial charge in [-0.15, -0.1) is 0 Å². The predicted octanol–water partition coefficient (Wildman–Crippen LogP) is 2.38. The normalized spacial score (nSPS) is 15.3. The lowest BCUT2D eigenvalue weighted by Crippen LogP contribution is -2.45. The van der Waals surface area contributed by atoms with Crippen LogP contribution in [-0.4, -0.2) is 47.4 Å². The fourth-order valence-corrected chi connectivity index (χ4v) is 2.76. The average Bonchev–Trinajstić information content (AvgIpc) is 2.77. The zero-order chi connectivity index (χ0) is 18.6. The molecule has 0 saturated carbocycles. The lowest BCUT2D eigenvalue weighted by Gasteiger charge is -2.25. The van der Waals surface area contributed by atoms with Crippen LogP contribution in [0.15, 0.2) is 24.3 Å². The number of rotatable bonds is 7. The number of hydrogen-bond acceptors (Lipinski definition) is 5. The minimum atomic E-state index is -0.548. The van der Waals surface area contributed by atoms with Crippen LogP contribution in [-0.2, 0) is 9.53 Å². The standard InChI is InChI=1S/C19H26N2O4/c1-5-8-15(18(24)25-19(2,3)4)20-11-12-21-16(22)13-9-6-7-10-14(13)17(21)23/h6-7,9-10,15,20H,5,8,11-12H2,1-4H3. The number of imide groups is 1. The Morgan fingerprint density at radius 3 is 2.20 bits per heavy atom. The summed E-state index contributed by atoms with van der Waals surface area (Å²) in [5.41, 5.74) is 0.322. The van der Waals surface area contributed by atoms with Gasteiger partial charge in [-0.1, -0.05) is 25.5 Å². The molecule has 1 aromatic carbocycles. The molecule has 136 valence electrons. The number of fused-ring (bicyclic) bond motifs is 1. The zero-order valence-electron chi connectivity index (χ0n) is 15.3. The van der Waals surface area contributed by atoms with E-state index in [1.165, 1.54) is 4.90 Å². The summed E-state index contributed by atoms with van der Waals surface area (Å²) >= 11 is 0. The van der Waals surface area contributed by atoms with Crippen LogP contribution in [0.3, 0.4) is 0 Å². The molecule has 6 nitrogen and oxygen atoms in total. The Morgan fingerprint density at radius 2 is 1.72 bits per heavy atom. The minimum Gasteiger partial charge on any atom is -0.459 e. The SMILES string of the molecule is CCCC(NCCN1C(=O)c2ccccc2C1=O)C(=O)OC(C)(C)C. The molecule has 6 heteroatoms. The Labute approximate surface area is 148 Å². The Bertz CT molecular complexity index is 629. The molecule has 0 fully saturated rings. The van der Waals surface area contributed by atoms with Gasteiger partial charge in [-0.25, -0.2) is 0 Å². The lowest BCUT2D eigenvalue weighted by atomic mass is 10.1. The number of nitrogens with zero attached hydrogens (tertiary/aromatic N) is 1. The van der Waals surface area contributed by atoms with Gasteiger partial charge in [0.15, 0.2) is 0 Å². The molecule has 1 heterocycles. The summed E-state index contributed by atoms with van der Waals surface area (Å²) < 4.78 is 5.42. The van der Waals surface area contributed by atoms with Crippen molar-refractivity contribution in [1.29, 1.82) is 0 Å². The highest BCUT2D eigenvalue weighted by Crippen LogP contribution is 2.21. The molecule has 0 saturated heterocycles. The molecular formula is C19H26N2O4. The highest BCUT2D eigenvalue weighted by molar-refractivity contribution is 6.21. The van der Waals surface area contributed by atoms with Crippen molar-refractivity contribution in [2.24, 2.45) is 0 Å². The van der Waals surface area contributed by atoms with E-state index in [0.717, 1.165) is 6.42 Å². The molecular weight excluding hydrogens is 320 g/mol. The van der Waals surface area contributed by atoms with E-state index >= 15 is 0 Å². The van der Waals surface area contributed by atoms with Gasteiger partial charge in [0.2, 0.25) is 0 Å². The van der Waals surface area contributed by atoms with Crippen molar-refractivity contribution in [3.63, 3.8) is 0 Å². The lowest BCUT2D eigenvalue weighted by molar-refractivity contribution is -0.157. The second-order valence-electron chi connectivity index (χ2n) is 7.14. The first-order valence-corrected chi connectivity index (χ1v) is 8.66. The number of carbonyl (C=O) groups excluding carboxylic acids is 3. The van der Waals surface area contributed by atoms with E-state index in [0.29, 0.717) is 24.1 Å². The second kappa shape index (κ2) is 7.78. The van der Waals surface area contributed by atoms with Crippen LogP contribution in [0, 0.1) is 0 Å². The molecule has 25 heavy (non-hydrogen) atoms. The van der Waals surface area contributed by atoms with Gasteiger partial charge < -0.3 is 10.1 Å². The number of esters is 1. The van der Waals surface area contributed by atoms with Crippen LogP contribution in [0.25, 0.3) is 0 Å². The van der Waals surface area contributed by atoms with E-state index < -0.39 is 11.6 Å². The topological polar surface area (TPSA) is 75.7 Å². The summed E-state index contributed by atoms with van der Waals surface area (Å²) in [7, 11) is 0. The highest BCUT2D eigenvalue weighted by Gasteiger charge is 2.35. The Morgan fingerprint density at radius 1 is 1.16 bits per heavy atom. The van der Waals surface area contributed by atoms with E-state index in [2.05, 4.69) is 5.32 Å². The van der Waals surface area contributed by atoms with E-state index in [1.54, 1.807) is 24.3 Å². The molecule has 1 aromatic rings. The van der Waals surface area contributed by atoms with E-state index in [-0.39, 0.29) is 24.3 Å². The molecule has 1 N–H and O–H groups in total. The van der Waals surface area contributed by atoms with Crippen LogP contribution in [0.1, 0.15) is 61.3 Å². The third-order valence-corrected chi connectivity index (χ3v) is 3.87. The van der Waals surface area contributed by atoms with Crippen LogP contribution >= 0.6 is 0 Å². The predicted molar refractivity (Wildman–Crippen MR) is 94.4 cm³/mol. The monoisotopic (exact) mass is 346 g/mol. The first kappa shape index (κ1) is 19.1. The molecule has 2 rings (SSSR count). The van der Waals surface area contributed by atoms with Crippen LogP contribution in [0.4, 0.5) is 0 Å². The molecule has 0 aromatic heterocycles. The van der Waals surface area contributed by atoms with E-state index in [1.807, 2.05) is 27.7 Å². The van der Waals surface area contributed by atoms with Gasteiger partial charge in [0.05, 0.1) is 11.1 Å². The Balaban J connectivity index is 1.93. The summed E-state index contributed by atoms with van der Waals surface area (Å²) in [5.74, 6) is -0.880. The summed E-state index contributed by atoms with van der Waals surface area (Å²) in [6.07, 6.45) is 1.46. The van der Waals surface area contributed by atoms with Gasteiger partial charge >= 0.3 is 5.97 Å². The maximum atomic E-state index is 12.3. The molecule has 1 aliphatic heterocycles. The molecule has 0 aliphatic carbocycles. The van der Waals surface area contributed by atoms with Gasteiger partial charge in [0.25, 0.3) is 11.8 Å². The molecule has 1 unspecified atom stereocenters. The quantitative estimate of drug-likeness (QED) is 0.606. The third-order valence-electron chi connectivity index (χ3n) is 3.87. The van der Waals surface area contributed by atoms with E-state index in [4.69, 9.17) is 4.74 Å². The number of benzene rings is 1. The molecule has 0 radical (unpaired) electrons. The minimum absolute atomic E-state index is 0.218. The number of amides is 2. The summed E-state index contributed by atoms with van der Waals surface area (Å²) in [4.78, 5) is 38.1. The van der Waals surface area contributed by atoms with Crippen molar-refractivity contribution in [2.45, 2.75) is 52.2 Å². The number of carbonyl (C=O) groups is 3. The van der Waals surface area contributed by atoms with Gasteiger partial charge in [-0.3, -0.25) is 19.3 Å². The first-order chi connectivity index (χ1) is 11.7. The molecule has 1 aliphatic rings. The van der Waals surface area contributed by atoms with Crippen molar-refractivity contribution < 1.29 is 19.1 Å². The molecule has 0 bridgehead atoms.